The summed E-state index contributed by atoms with van der Waals surface area (Å²) in [7, 11) is 2.63. The van der Waals surface area contributed by atoms with Crippen molar-refractivity contribution < 1.29 is 33.4 Å². The zero-order chi connectivity index (χ0) is 40.9. The van der Waals surface area contributed by atoms with Gasteiger partial charge in [0.15, 0.2) is 0 Å². The number of alkyl carbamates (subject to hydrolysis) is 2. The van der Waals surface area contributed by atoms with E-state index in [0.29, 0.717) is 44.3 Å². The molecule has 14 nitrogen and oxygen atoms in total. The number of benzene rings is 2. The standard InChI is InChI=1S/C45H53N7O7/c1-24(2)39(49-44(55)57-3)42(53)51-35-18-30(35)20-37(51)33-17-32(22-46-33)27-7-5-25(6-8-27)26-9-11-28(12-10-26)34-23-47-41(48-34)38-21-31-19-36(31)52(38)43(54)40(50-45(56)58-4)29-13-15-59-16-14-29/h5-12,22-24,29-31,35-40H,13-21H2,1-4H3,(H,47,48)(H,49,55)(H,50,56)/t30-,31-,35-,36-,37+,38+,39+,40+/m1/s1. The number of carbonyl (C=O) groups excluding carboxylic acids is 4. The number of nitrogens with zero attached hydrogens (tertiary/aromatic N) is 4. The largest absolute Gasteiger partial charge is 0.453 e. The number of rotatable bonds is 11. The molecule has 3 N–H and O–H groups in total. The summed E-state index contributed by atoms with van der Waals surface area (Å²) in [5.74, 6) is 1.46. The molecule has 8 atom stereocenters. The van der Waals surface area contributed by atoms with Crippen LogP contribution in [0.4, 0.5) is 9.59 Å². The second-order valence-electron chi connectivity index (χ2n) is 17.3. The van der Waals surface area contributed by atoms with E-state index < -0.39 is 24.3 Å². The molecule has 4 aliphatic heterocycles. The molecule has 2 aliphatic carbocycles. The number of likely N-dealkylation sites (tertiary alicyclic amines) is 2. The van der Waals surface area contributed by atoms with Crippen LogP contribution in [-0.2, 0) is 23.8 Å². The van der Waals surface area contributed by atoms with Gasteiger partial charge in [-0.15, -0.1) is 0 Å². The first kappa shape index (κ1) is 39.0. The van der Waals surface area contributed by atoms with Crippen LogP contribution in [-0.4, -0.2) is 107 Å². The highest BCUT2D eigenvalue weighted by molar-refractivity contribution is 6.04. The van der Waals surface area contributed by atoms with E-state index in [-0.39, 0.29) is 47.8 Å². The van der Waals surface area contributed by atoms with Crippen LogP contribution in [0.3, 0.4) is 0 Å². The maximum absolute atomic E-state index is 14.2. The number of imidazole rings is 1. The van der Waals surface area contributed by atoms with Gasteiger partial charge in [-0.3, -0.25) is 14.6 Å². The number of carbonyl (C=O) groups is 4. The van der Waals surface area contributed by atoms with Crippen molar-refractivity contribution in [3.05, 3.63) is 72.3 Å². The molecular weight excluding hydrogens is 751 g/mol. The molecular formula is C45H53N7O7. The van der Waals surface area contributed by atoms with Gasteiger partial charge in [-0.1, -0.05) is 62.4 Å². The molecule has 3 aromatic rings. The van der Waals surface area contributed by atoms with Gasteiger partial charge >= 0.3 is 12.2 Å². The van der Waals surface area contributed by atoms with Crippen LogP contribution in [0.25, 0.3) is 28.0 Å². The molecule has 310 valence electrons. The number of fused-ring (bicyclic) bond motifs is 2. The van der Waals surface area contributed by atoms with Gasteiger partial charge in [-0.25, -0.2) is 14.6 Å². The number of ether oxygens (including phenoxy) is 3. The summed E-state index contributed by atoms with van der Waals surface area (Å²) in [5.41, 5.74) is 7.28. The average Bonchev–Trinajstić information content (AvgIpc) is 3.85. The fraction of sp³-hybridized carbons (Fsp3) is 0.511. The third-order valence-corrected chi connectivity index (χ3v) is 13.4. The molecule has 14 heteroatoms. The molecule has 4 amide bonds. The molecule has 9 rings (SSSR count). The predicted molar refractivity (Wildman–Crippen MR) is 220 cm³/mol. The number of aliphatic imine (C=N–C) groups is 1. The Balaban J connectivity index is 0.837. The van der Waals surface area contributed by atoms with Crippen LogP contribution in [0.15, 0.2) is 65.9 Å². The number of methoxy groups -OCH3 is 2. The van der Waals surface area contributed by atoms with Gasteiger partial charge in [0.1, 0.15) is 17.9 Å². The molecule has 6 aliphatic rings. The average molecular weight is 804 g/mol. The molecule has 0 unspecified atom stereocenters. The first-order valence-electron chi connectivity index (χ1n) is 21.0. The summed E-state index contributed by atoms with van der Waals surface area (Å²) in [6.07, 6.45) is 8.39. The van der Waals surface area contributed by atoms with Crippen LogP contribution < -0.4 is 10.6 Å². The Kier molecular flexibility index (Phi) is 10.5. The minimum Gasteiger partial charge on any atom is -0.453 e. The molecule has 3 saturated heterocycles. The second kappa shape index (κ2) is 15.9. The number of amides is 4. The molecule has 5 heterocycles. The lowest BCUT2D eigenvalue weighted by Gasteiger charge is -2.35. The first-order chi connectivity index (χ1) is 28.6. The monoisotopic (exact) mass is 803 g/mol. The number of nitrogens with one attached hydrogen (secondary N) is 3. The van der Waals surface area contributed by atoms with Gasteiger partial charge in [-0.2, -0.15) is 0 Å². The van der Waals surface area contributed by atoms with E-state index in [4.69, 9.17) is 24.2 Å². The zero-order valence-corrected chi connectivity index (χ0v) is 34.1. The van der Waals surface area contributed by atoms with E-state index in [0.717, 1.165) is 70.7 Å². The lowest BCUT2D eigenvalue weighted by molar-refractivity contribution is -0.138. The third-order valence-electron chi connectivity index (χ3n) is 13.4. The van der Waals surface area contributed by atoms with E-state index in [1.54, 1.807) is 0 Å². The Hall–Kier alpha value is -5.50. The van der Waals surface area contributed by atoms with Crippen LogP contribution >= 0.6 is 0 Å². The van der Waals surface area contributed by atoms with Crippen molar-refractivity contribution in [1.29, 1.82) is 0 Å². The summed E-state index contributed by atoms with van der Waals surface area (Å²) in [6, 6.07) is 15.7. The van der Waals surface area contributed by atoms with Gasteiger partial charge in [0.25, 0.3) is 0 Å². The van der Waals surface area contributed by atoms with Crippen molar-refractivity contribution in [3.8, 4) is 22.4 Å². The molecule has 2 saturated carbocycles. The van der Waals surface area contributed by atoms with Crippen molar-refractivity contribution in [3.63, 3.8) is 0 Å². The molecule has 59 heavy (non-hydrogen) atoms. The number of aromatic amines is 1. The highest BCUT2D eigenvalue weighted by atomic mass is 16.5. The van der Waals surface area contributed by atoms with E-state index in [1.165, 1.54) is 14.2 Å². The quantitative estimate of drug-likeness (QED) is 0.209. The minimum absolute atomic E-state index is 0.0165. The molecule has 0 bridgehead atoms. The summed E-state index contributed by atoms with van der Waals surface area (Å²) in [5, 5.41) is 5.61. The lowest BCUT2D eigenvalue weighted by atomic mass is 9.90. The summed E-state index contributed by atoms with van der Waals surface area (Å²) in [6.45, 7) is 5.01. The fourth-order valence-electron chi connectivity index (χ4n) is 9.92. The van der Waals surface area contributed by atoms with Crippen LogP contribution in [0, 0.1) is 23.7 Å². The predicted octanol–water partition coefficient (Wildman–Crippen LogP) is 6.11. The van der Waals surface area contributed by atoms with E-state index >= 15 is 0 Å². The topological polar surface area (TPSA) is 168 Å². The highest BCUT2D eigenvalue weighted by Gasteiger charge is 2.58. The zero-order valence-electron chi connectivity index (χ0n) is 34.1. The summed E-state index contributed by atoms with van der Waals surface area (Å²) >= 11 is 0. The van der Waals surface area contributed by atoms with E-state index in [9.17, 15) is 19.2 Å². The van der Waals surface area contributed by atoms with Gasteiger partial charge < -0.3 is 39.6 Å². The molecule has 2 aromatic carbocycles. The SMILES string of the molecule is COC(=O)N[C@H](C(=O)N1[C@@H]2C[C@@H]2C[C@H]1C1=NC=C(c2ccc(-c3ccc(-c4cnc([C@@H]5C[C@H]6C[C@H]6N5C(=O)[C@@H](NC(=O)OC)C5CCOCC5)[nH]4)cc3)cc2)C1)C(C)C. The maximum Gasteiger partial charge on any atom is 0.407 e. The Bertz CT molecular complexity index is 2160. The van der Waals surface area contributed by atoms with Crippen LogP contribution in [0.1, 0.15) is 76.2 Å². The van der Waals surface area contributed by atoms with Crippen LogP contribution in [0.2, 0.25) is 0 Å². The second-order valence-corrected chi connectivity index (χ2v) is 17.3. The number of H-pyrrole nitrogens is 1. The summed E-state index contributed by atoms with van der Waals surface area (Å²) < 4.78 is 15.3. The molecule has 0 spiro atoms. The first-order valence-corrected chi connectivity index (χ1v) is 21.0. The van der Waals surface area contributed by atoms with Gasteiger partial charge in [-0.05, 0) is 90.0 Å². The van der Waals surface area contributed by atoms with Crippen molar-refractivity contribution in [1.82, 2.24) is 30.4 Å². The van der Waals surface area contributed by atoms with Gasteiger partial charge in [0.2, 0.25) is 11.8 Å². The molecule has 5 fully saturated rings. The Morgan fingerprint density at radius 3 is 1.97 bits per heavy atom. The van der Waals surface area contributed by atoms with E-state index in [2.05, 4.69) is 64.1 Å². The third kappa shape index (κ3) is 7.63. The summed E-state index contributed by atoms with van der Waals surface area (Å²) in [4.78, 5) is 69.5. The number of hydrogen-bond acceptors (Lipinski definition) is 9. The van der Waals surface area contributed by atoms with Crippen molar-refractivity contribution >= 4 is 35.3 Å². The Morgan fingerprint density at radius 1 is 0.763 bits per heavy atom. The van der Waals surface area contributed by atoms with E-state index in [1.807, 2.05) is 36.0 Å². The molecule has 0 radical (unpaired) electrons. The Morgan fingerprint density at radius 2 is 1.34 bits per heavy atom. The van der Waals surface area contributed by atoms with Gasteiger partial charge in [0.05, 0.1) is 38.2 Å². The number of aromatic nitrogens is 2. The highest BCUT2D eigenvalue weighted by Crippen LogP contribution is 2.54. The number of hydrogen-bond donors (Lipinski definition) is 3. The van der Waals surface area contributed by atoms with Crippen molar-refractivity contribution in [2.24, 2.45) is 28.7 Å². The van der Waals surface area contributed by atoms with Crippen LogP contribution in [0.5, 0.6) is 0 Å². The fourth-order valence-corrected chi connectivity index (χ4v) is 9.92. The number of allylic oxidation sites excluding steroid dienone is 1. The Labute approximate surface area is 344 Å². The molecule has 1 aromatic heterocycles. The number of piperidine rings is 2. The smallest absolute Gasteiger partial charge is 0.407 e. The van der Waals surface area contributed by atoms with Crippen molar-refractivity contribution in [2.75, 3.05) is 27.4 Å². The normalized spacial score (nSPS) is 26.7. The lowest BCUT2D eigenvalue weighted by Crippen LogP contribution is -2.54. The van der Waals surface area contributed by atoms with Crippen molar-refractivity contribution in [2.45, 2.75) is 95.0 Å². The minimum atomic E-state index is -0.669. The van der Waals surface area contributed by atoms with Gasteiger partial charge in [0, 0.05) is 43.6 Å². The maximum atomic E-state index is 14.2.